The van der Waals surface area contributed by atoms with Gasteiger partial charge in [-0.3, -0.25) is 14.4 Å². The summed E-state index contributed by atoms with van der Waals surface area (Å²) < 4.78 is 4.73. The zero-order valence-corrected chi connectivity index (χ0v) is 16.0. The van der Waals surface area contributed by atoms with Crippen molar-refractivity contribution in [3.05, 3.63) is 71.8 Å². The second kappa shape index (κ2) is 10.8. The number of rotatable bonds is 10. The largest absolute Gasteiger partial charge is 0.479 e. The molecule has 0 saturated carbocycles. The number of aliphatic carboxylic acids is 1. The van der Waals surface area contributed by atoms with Crippen LogP contribution in [0.25, 0.3) is 0 Å². The number of ether oxygens (including phenoxy) is 1. The monoisotopic (exact) mass is 397 g/mol. The predicted molar refractivity (Wildman–Crippen MR) is 105 cm³/mol. The number of carboxylic acids is 1. The number of benzene rings is 2. The third kappa shape index (κ3) is 7.21. The Bertz CT molecular complexity index is 850. The number of nitrogens with one attached hydrogen (secondary N) is 1. The molecule has 2 atom stereocenters. The molecule has 0 aliphatic carbocycles. The van der Waals surface area contributed by atoms with Gasteiger partial charge >= 0.3 is 11.9 Å². The molecule has 0 aromatic heterocycles. The fourth-order valence-corrected chi connectivity index (χ4v) is 2.63. The summed E-state index contributed by atoms with van der Waals surface area (Å²) in [5.41, 5.74) is 1.29. The Balaban J connectivity index is 2.03. The Morgan fingerprint density at radius 1 is 0.931 bits per heavy atom. The van der Waals surface area contributed by atoms with E-state index < -0.39 is 24.1 Å². The summed E-state index contributed by atoms with van der Waals surface area (Å²) in [5.74, 6) is -2.76. The van der Waals surface area contributed by atoms with Crippen LogP contribution in [0.3, 0.4) is 0 Å². The minimum Gasteiger partial charge on any atom is -0.479 e. The molecule has 152 valence electrons. The van der Waals surface area contributed by atoms with Crippen LogP contribution in [0.4, 0.5) is 0 Å². The van der Waals surface area contributed by atoms with Gasteiger partial charge in [-0.05, 0) is 31.0 Å². The number of hydrogen-bond donors (Lipinski definition) is 2. The lowest BCUT2D eigenvalue weighted by atomic mass is 9.99. The molecule has 0 saturated heterocycles. The summed E-state index contributed by atoms with van der Waals surface area (Å²) in [4.78, 5) is 47.7. The van der Waals surface area contributed by atoms with E-state index in [1.165, 1.54) is 6.92 Å². The molecule has 0 radical (unpaired) electrons. The number of Topliss-reactive ketones (excluding diaryl/α,β-unsaturated/α-hetero) is 1. The Kier molecular flexibility index (Phi) is 8.09. The number of carboxylic acid groups (broad SMARTS) is 1. The second-order valence-corrected chi connectivity index (χ2v) is 6.52. The maximum absolute atomic E-state index is 12.7. The highest BCUT2D eigenvalue weighted by Crippen LogP contribution is 2.09. The van der Waals surface area contributed by atoms with Crippen LogP contribution in [-0.2, 0) is 25.5 Å². The Labute approximate surface area is 168 Å². The summed E-state index contributed by atoms with van der Waals surface area (Å²) in [5, 5.41) is 11.5. The second-order valence-electron chi connectivity index (χ2n) is 6.52. The molecule has 0 spiro atoms. The van der Waals surface area contributed by atoms with Gasteiger partial charge in [-0.1, -0.05) is 48.5 Å². The lowest BCUT2D eigenvalue weighted by Crippen LogP contribution is -2.42. The molecule has 7 nitrogen and oxygen atoms in total. The van der Waals surface area contributed by atoms with Crippen LogP contribution in [0.15, 0.2) is 60.7 Å². The molecule has 2 rings (SSSR count). The molecule has 2 aromatic rings. The SMILES string of the molecule is C[C@H](OC(=O)CCC(=O)C(Cc1ccccc1)NC(=O)c1ccccc1)C(=O)O. The normalized spacial score (nSPS) is 12.4. The van der Waals surface area contributed by atoms with Crippen molar-refractivity contribution >= 4 is 23.6 Å². The molecule has 29 heavy (non-hydrogen) atoms. The lowest BCUT2D eigenvalue weighted by Gasteiger charge is -2.18. The van der Waals surface area contributed by atoms with Crippen molar-refractivity contribution in [1.82, 2.24) is 5.32 Å². The highest BCUT2D eigenvalue weighted by atomic mass is 16.6. The Morgan fingerprint density at radius 2 is 1.52 bits per heavy atom. The van der Waals surface area contributed by atoms with E-state index in [9.17, 15) is 19.2 Å². The standard InChI is InChI=1S/C22H23NO6/c1-15(22(27)28)29-20(25)13-12-19(24)18(14-16-8-4-2-5-9-16)23-21(26)17-10-6-3-7-11-17/h2-11,15,18H,12-14H2,1H3,(H,23,26)(H,27,28)/t15-,18?/m0/s1. The van der Waals surface area contributed by atoms with Crippen molar-refractivity contribution < 1.29 is 29.0 Å². The maximum atomic E-state index is 12.7. The predicted octanol–water partition coefficient (Wildman–Crippen LogP) is 2.39. The average Bonchev–Trinajstić information content (AvgIpc) is 2.72. The van der Waals surface area contributed by atoms with E-state index in [0.717, 1.165) is 5.56 Å². The van der Waals surface area contributed by atoms with Gasteiger partial charge in [-0.2, -0.15) is 0 Å². The molecular formula is C22H23NO6. The van der Waals surface area contributed by atoms with Crippen LogP contribution in [0, 0.1) is 0 Å². The minimum atomic E-state index is -1.28. The fourth-order valence-electron chi connectivity index (χ4n) is 2.63. The average molecular weight is 397 g/mol. The van der Waals surface area contributed by atoms with Crippen molar-refractivity contribution in [3.8, 4) is 0 Å². The number of carbonyl (C=O) groups excluding carboxylic acids is 3. The molecule has 2 aromatic carbocycles. The molecular weight excluding hydrogens is 374 g/mol. The van der Waals surface area contributed by atoms with Gasteiger partial charge in [0.1, 0.15) is 0 Å². The zero-order chi connectivity index (χ0) is 21.2. The minimum absolute atomic E-state index is 0.169. The van der Waals surface area contributed by atoms with E-state index in [2.05, 4.69) is 5.32 Å². The highest BCUT2D eigenvalue weighted by Gasteiger charge is 2.24. The smallest absolute Gasteiger partial charge is 0.344 e. The quantitative estimate of drug-likeness (QED) is 0.596. The van der Waals surface area contributed by atoms with Gasteiger partial charge in [0, 0.05) is 12.0 Å². The summed E-state index contributed by atoms with van der Waals surface area (Å²) >= 11 is 0. The molecule has 0 fully saturated rings. The first-order valence-electron chi connectivity index (χ1n) is 9.21. The third-order valence-electron chi connectivity index (χ3n) is 4.24. The molecule has 1 unspecified atom stereocenters. The van der Waals surface area contributed by atoms with Crippen LogP contribution in [0.5, 0.6) is 0 Å². The molecule has 0 bridgehead atoms. The number of hydrogen-bond acceptors (Lipinski definition) is 5. The van der Waals surface area contributed by atoms with E-state index in [4.69, 9.17) is 9.84 Å². The van der Waals surface area contributed by atoms with Crippen molar-refractivity contribution in [3.63, 3.8) is 0 Å². The molecule has 0 aliphatic rings. The van der Waals surface area contributed by atoms with Gasteiger partial charge in [-0.25, -0.2) is 4.79 Å². The lowest BCUT2D eigenvalue weighted by molar-refractivity contribution is -0.162. The Hall–Kier alpha value is -3.48. The maximum Gasteiger partial charge on any atom is 0.344 e. The van der Waals surface area contributed by atoms with Gasteiger partial charge in [0.05, 0.1) is 12.5 Å². The van der Waals surface area contributed by atoms with Crippen molar-refractivity contribution in [1.29, 1.82) is 0 Å². The van der Waals surface area contributed by atoms with Crippen LogP contribution in [-0.4, -0.2) is 40.9 Å². The van der Waals surface area contributed by atoms with Crippen molar-refractivity contribution in [2.24, 2.45) is 0 Å². The van der Waals surface area contributed by atoms with Gasteiger partial charge in [0.25, 0.3) is 5.91 Å². The number of esters is 1. The van der Waals surface area contributed by atoms with E-state index in [-0.39, 0.29) is 31.0 Å². The summed E-state index contributed by atoms with van der Waals surface area (Å²) in [6, 6.07) is 16.9. The van der Waals surface area contributed by atoms with Crippen LogP contribution in [0.2, 0.25) is 0 Å². The molecule has 0 heterocycles. The molecule has 0 aliphatic heterocycles. The van der Waals surface area contributed by atoms with Crippen LogP contribution < -0.4 is 5.32 Å². The first-order chi connectivity index (χ1) is 13.9. The molecule has 1 amide bonds. The first kappa shape index (κ1) is 21.8. The fraction of sp³-hybridized carbons (Fsp3) is 0.273. The zero-order valence-electron chi connectivity index (χ0n) is 16.0. The first-order valence-corrected chi connectivity index (χ1v) is 9.21. The highest BCUT2D eigenvalue weighted by molar-refractivity contribution is 5.98. The van der Waals surface area contributed by atoms with Crippen LogP contribution >= 0.6 is 0 Å². The van der Waals surface area contributed by atoms with Crippen LogP contribution in [0.1, 0.15) is 35.7 Å². The Morgan fingerprint density at radius 3 is 2.10 bits per heavy atom. The third-order valence-corrected chi connectivity index (χ3v) is 4.24. The van der Waals surface area contributed by atoms with Gasteiger partial charge in [0.2, 0.25) is 0 Å². The van der Waals surface area contributed by atoms with Crippen molar-refractivity contribution in [2.45, 2.75) is 38.3 Å². The molecule has 2 N–H and O–H groups in total. The number of ketones is 1. The van der Waals surface area contributed by atoms with Gasteiger partial charge in [0.15, 0.2) is 11.9 Å². The summed E-state index contributed by atoms with van der Waals surface area (Å²) in [7, 11) is 0. The van der Waals surface area contributed by atoms with Gasteiger partial charge < -0.3 is 15.2 Å². The summed E-state index contributed by atoms with van der Waals surface area (Å²) in [6.07, 6.45) is -1.44. The van der Waals surface area contributed by atoms with E-state index >= 15 is 0 Å². The summed E-state index contributed by atoms with van der Waals surface area (Å²) in [6.45, 7) is 1.24. The number of amides is 1. The van der Waals surface area contributed by atoms with Gasteiger partial charge in [-0.15, -0.1) is 0 Å². The van der Waals surface area contributed by atoms with E-state index in [0.29, 0.717) is 5.56 Å². The number of carbonyl (C=O) groups is 4. The topological polar surface area (TPSA) is 110 Å². The molecule has 7 heteroatoms. The van der Waals surface area contributed by atoms with Crippen molar-refractivity contribution in [2.75, 3.05) is 0 Å². The van der Waals surface area contributed by atoms with E-state index in [1.54, 1.807) is 30.3 Å². The van der Waals surface area contributed by atoms with E-state index in [1.807, 2.05) is 30.3 Å².